The highest BCUT2D eigenvalue weighted by Gasteiger charge is 2.13. The van der Waals surface area contributed by atoms with E-state index < -0.39 is 11.7 Å². The van der Waals surface area contributed by atoms with Crippen LogP contribution in [0.3, 0.4) is 0 Å². The summed E-state index contributed by atoms with van der Waals surface area (Å²) in [5.74, 6) is -0.965. The average Bonchev–Trinajstić information content (AvgIpc) is 2.91. The molecule has 0 atom stereocenters. The maximum absolute atomic E-state index is 13.9. The Kier molecular flexibility index (Phi) is 4.22. The number of aryl methyl sites for hydroxylation is 1. The van der Waals surface area contributed by atoms with Crippen LogP contribution in [0.2, 0.25) is 0 Å². The number of furan rings is 1. The maximum atomic E-state index is 13.9. The van der Waals surface area contributed by atoms with E-state index in [0.717, 1.165) is 6.07 Å². The highest BCUT2D eigenvalue weighted by Crippen LogP contribution is 2.12. The van der Waals surface area contributed by atoms with E-state index in [1.165, 1.54) is 18.4 Å². The van der Waals surface area contributed by atoms with Crippen LogP contribution in [-0.4, -0.2) is 17.0 Å². The first-order chi connectivity index (χ1) is 10.0. The molecule has 1 aromatic carbocycles. The number of carbonyl (C=O) groups is 1. The van der Waals surface area contributed by atoms with Crippen molar-refractivity contribution in [3.05, 3.63) is 58.8 Å². The third-order valence-corrected chi connectivity index (χ3v) is 2.96. The Hall–Kier alpha value is -2.83. The molecule has 1 aromatic heterocycles. The number of rotatable bonds is 4. The summed E-state index contributed by atoms with van der Waals surface area (Å²) < 4.78 is 18.9. The molecule has 4 N–H and O–H groups in total. The molecule has 7 heteroatoms. The largest absolute Gasteiger partial charge is 0.459 e. The van der Waals surface area contributed by atoms with Crippen molar-refractivity contribution in [2.24, 2.45) is 10.9 Å². The summed E-state index contributed by atoms with van der Waals surface area (Å²) >= 11 is 0. The first-order valence-electron chi connectivity index (χ1n) is 6.11. The molecule has 6 nitrogen and oxygen atoms in total. The van der Waals surface area contributed by atoms with E-state index >= 15 is 0 Å². The molecule has 0 fully saturated rings. The number of amidine groups is 1. The van der Waals surface area contributed by atoms with Crippen LogP contribution in [0.25, 0.3) is 0 Å². The number of amides is 1. The molecule has 0 aliphatic rings. The smallest absolute Gasteiger partial charge is 0.287 e. The SMILES string of the molecule is Cc1ccoc1C(=O)NCc1ccc(C(N)=NO)cc1F. The number of halogens is 1. The number of oxime groups is 1. The zero-order chi connectivity index (χ0) is 15.4. The number of hydrogen-bond acceptors (Lipinski definition) is 4. The van der Waals surface area contributed by atoms with Crippen LogP contribution in [0.4, 0.5) is 4.39 Å². The van der Waals surface area contributed by atoms with Gasteiger partial charge in [-0.15, -0.1) is 0 Å². The van der Waals surface area contributed by atoms with E-state index in [4.69, 9.17) is 15.4 Å². The topological polar surface area (TPSA) is 101 Å². The van der Waals surface area contributed by atoms with Gasteiger partial charge in [0, 0.05) is 23.2 Å². The van der Waals surface area contributed by atoms with Crippen molar-refractivity contribution in [2.45, 2.75) is 13.5 Å². The fourth-order valence-electron chi connectivity index (χ4n) is 1.77. The minimum absolute atomic E-state index is 0.00125. The number of carbonyl (C=O) groups excluding carboxylic acids is 1. The monoisotopic (exact) mass is 291 g/mol. The summed E-state index contributed by atoms with van der Waals surface area (Å²) in [5, 5.41) is 13.9. The lowest BCUT2D eigenvalue weighted by Gasteiger charge is -2.07. The lowest BCUT2D eigenvalue weighted by atomic mass is 10.1. The van der Waals surface area contributed by atoms with Crippen LogP contribution < -0.4 is 11.1 Å². The molecule has 2 aromatic rings. The maximum Gasteiger partial charge on any atom is 0.287 e. The van der Waals surface area contributed by atoms with Crippen molar-refractivity contribution in [1.82, 2.24) is 5.32 Å². The summed E-state index contributed by atoms with van der Waals surface area (Å²) in [5.41, 5.74) is 6.61. The molecule has 1 amide bonds. The van der Waals surface area contributed by atoms with Gasteiger partial charge in [0.2, 0.25) is 0 Å². The van der Waals surface area contributed by atoms with Gasteiger partial charge in [0.15, 0.2) is 11.6 Å². The lowest BCUT2D eigenvalue weighted by molar-refractivity contribution is 0.0922. The Balaban J connectivity index is 2.07. The third kappa shape index (κ3) is 3.19. The van der Waals surface area contributed by atoms with Crippen LogP contribution >= 0.6 is 0 Å². The van der Waals surface area contributed by atoms with Crippen molar-refractivity contribution >= 4 is 11.7 Å². The fourth-order valence-corrected chi connectivity index (χ4v) is 1.77. The van der Waals surface area contributed by atoms with Crippen molar-refractivity contribution in [1.29, 1.82) is 0 Å². The molecule has 110 valence electrons. The quantitative estimate of drug-likeness (QED) is 0.346. The average molecular weight is 291 g/mol. The molecular formula is C14H14FN3O3. The molecule has 2 rings (SSSR count). The van der Waals surface area contributed by atoms with Crippen LogP contribution in [0.1, 0.15) is 27.2 Å². The zero-order valence-electron chi connectivity index (χ0n) is 11.3. The summed E-state index contributed by atoms with van der Waals surface area (Å²) in [6.45, 7) is 1.74. The molecule has 0 saturated carbocycles. The van der Waals surface area contributed by atoms with Gasteiger partial charge in [-0.25, -0.2) is 4.39 Å². The summed E-state index contributed by atoms with van der Waals surface area (Å²) in [6.07, 6.45) is 1.41. The number of nitrogens with two attached hydrogens (primary N) is 1. The predicted octanol–water partition coefficient (Wildman–Crippen LogP) is 1.75. The Morgan fingerprint density at radius 2 is 2.24 bits per heavy atom. The molecule has 0 bridgehead atoms. The minimum atomic E-state index is -0.560. The summed E-state index contributed by atoms with van der Waals surface area (Å²) in [6, 6.07) is 5.76. The van der Waals surface area contributed by atoms with Gasteiger partial charge < -0.3 is 20.7 Å². The highest BCUT2D eigenvalue weighted by molar-refractivity contribution is 5.97. The Bertz CT molecular complexity index is 695. The van der Waals surface area contributed by atoms with Crippen molar-refractivity contribution in [3.8, 4) is 0 Å². The molecule has 0 unspecified atom stereocenters. The minimum Gasteiger partial charge on any atom is -0.459 e. The highest BCUT2D eigenvalue weighted by atomic mass is 19.1. The second-order valence-corrected chi connectivity index (χ2v) is 4.41. The van der Waals surface area contributed by atoms with Crippen LogP contribution in [-0.2, 0) is 6.54 Å². The van der Waals surface area contributed by atoms with Gasteiger partial charge in [-0.1, -0.05) is 17.3 Å². The second-order valence-electron chi connectivity index (χ2n) is 4.41. The molecule has 0 radical (unpaired) electrons. The molecule has 0 saturated heterocycles. The first-order valence-corrected chi connectivity index (χ1v) is 6.11. The van der Waals surface area contributed by atoms with Gasteiger partial charge >= 0.3 is 0 Å². The number of nitrogens with zero attached hydrogens (tertiary/aromatic N) is 1. The van der Waals surface area contributed by atoms with Crippen LogP contribution in [0.5, 0.6) is 0 Å². The Morgan fingerprint density at radius 3 is 2.81 bits per heavy atom. The van der Waals surface area contributed by atoms with E-state index in [2.05, 4.69) is 10.5 Å². The van der Waals surface area contributed by atoms with Gasteiger partial charge in [-0.2, -0.15) is 0 Å². The third-order valence-electron chi connectivity index (χ3n) is 2.96. The van der Waals surface area contributed by atoms with Crippen molar-refractivity contribution in [3.63, 3.8) is 0 Å². The summed E-state index contributed by atoms with van der Waals surface area (Å²) in [4.78, 5) is 11.8. The van der Waals surface area contributed by atoms with Crippen LogP contribution in [0.15, 0.2) is 40.1 Å². The van der Waals surface area contributed by atoms with E-state index in [1.807, 2.05) is 0 Å². The molecule has 0 spiro atoms. The Labute approximate surface area is 120 Å². The Morgan fingerprint density at radius 1 is 1.48 bits per heavy atom. The standard InChI is InChI=1S/C14H14FN3O3/c1-8-4-5-21-12(8)14(19)17-7-10-3-2-9(6-11(10)15)13(16)18-20/h2-6,20H,7H2,1H3,(H2,16,18)(H,17,19). The van der Waals surface area contributed by atoms with Crippen molar-refractivity contribution in [2.75, 3.05) is 0 Å². The van der Waals surface area contributed by atoms with E-state index in [1.54, 1.807) is 13.0 Å². The number of benzene rings is 1. The molecule has 1 heterocycles. The van der Waals surface area contributed by atoms with Gasteiger partial charge in [0.25, 0.3) is 5.91 Å². The van der Waals surface area contributed by atoms with Gasteiger partial charge in [0.05, 0.1) is 6.26 Å². The van der Waals surface area contributed by atoms with Gasteiger partial charge in [0.1, 0.15) is 5.82 Å². The molecule has 0 aliphatic heterocycles. The fraction of sp³-hybridized carbons (Fsp3) is 0.143. The van der Waals surface area contributed by atoms with E-state index in [0.29, 0.717) is 5.56 Å². The summed E-state index contributed by atoms with van der Waals surface area (Å²) in [7, 11) is 0. The first kappa shape index (κ1) is 14.6. The zero-order valence-corrected chi connectivity index (χ0v) is 11.3. The molecular weight excluding hydrogens is 277 g/mol. The van der Waals surface area contributed by atoms with Crippen molar-refractivity contribution < 1.29 is 18.8 Å². The molecule has 21 heavy (non-hydrogen) atoms. The van der Waals surface area contributed by atoms with Crippen LogP contribution in [0, 0.1) is 12.7 Å². The normalized spacial score (nSPS) is 11.4. The van der Waals surface area contributed by atoms with E-state index in [-0.39, 0.29) is 29.3 Å². The number of hydrogen-bond donors (Lipinski definition) is 3. The second kappa shape index (κ2) is 6.08. The van der Waals surface area contributed by atoms with E-state index in [9.17, 15) is 9.18 Å². The van der Waals surface area contributed by atoms with Gasteiger partial charge in [-0.3, -0.25) is 4.79 Å². The molecule has 0 aliphatic carbocycles. The predicted molar refractivity (Wildman–Crippen MR) is 73.5 cm³/mol. The lowest BCUT2D eigenvalue weighted by Crippen LogP contribution is -2.23. The van der Waals surface area contributed by atoms with Gasteiger partial charge in [-0.05, 0) is 19.1 Å². The number of nitrogens with one attached hydrogen (secondary N) is 1.